The lowest BCUT2D eigenvalue weighted by atomic mass is 10.0. The zero-order valence-electron chi connectivity index (χ0n) is 15.8. The average Bonchev–Trinajstić information content (AvgIpc) is 2.66. The van der Waals surface area contributed by atoms with E-state index in [1.54, 1.807) is 12.1 Å². The number of fused-ring (bicyclic) bond motifs is 1. The van der Waals surface area contributed by atoms with Gasteiger partial charge in [-0.2, -0.15) is 13.2 Å². The summed E-state index contributed by atoms with van der Waals surface area (Å²) in [5, 5.41) is 0.158. The molecule has 0 unspecified atom stereocenters. The third-order valence-corrected chi connectivity index (χ3v) is 5.47. The Hall–Kier alpha value is -2.59. The molecule has 0 amide bonds. The predicted molar refractivity (Wildman–Crippen MR) is 107 cm³/mol. The van der Waals surface area contributed by atoms with Crippen molar-refractivity contribution in [1.29, 1.82) is 0 Å². The van der Waals surface area contributed by atoms with E-state index in [0.29, 0.717) is 16.2 Å². The molecule has 0 nitrogen and oxygen atoms in total. The van der Waals surface area contributed by atoms with E-state index in [2.05, 4.69) is 0 Å². The molecule has 0 saturated carbocycles. The maximum Gasteiger partial charge on any atom is 0.458 e. The van der Waals surface area contributed by atoms with Crippen LogP contribution in [0.25, 0.3) is 10.8 Å². The molecule has 0 saturated heterocycles. The van der Waals surface area contributed by atoms with E-state index in [9.17, 15) is 26.3 Å². The van der Waals surface area contributed by atoms with Crippen LogP contribution in [0.15, 0.2) is 47.4 Å². The molecular weight excluding hydrogens is 422 g/mol. The molecule has 3 aromatic carbocycles. The third kappa shape index (κ3) is 5.31. The van der Waals surface area contributed by atoms with E-state index in [4.69, 9.17) is 0 Å². The number of hydrogen-bond acceptors (Lipinski definition) is 1. The monoisotopic (exact) mass is 438 g/mol. The fourth-order valence-electron chi connectivity index (χ4n) is 2.98. The quantitative estimate of drug-likeness (QED) is 0.227. The Morgan fingerprint density at radius 2 is 1.63 bits per heavy atom. The summed E-state index contributed by atoms with van der Waals surface area (Å²) in [4.78, 5) is 0.463. The van der Waals surface area contributed by atoms with Crippen LogP contribution in [0.2, 0.25) is 0 Å². The first-order valence-electron chi connectivity index (χ1n) is 9.09. The highest BCUT2D eigenvalue weighted by molar-refractivity contribution is 7.98. The standard InChI is InChI=1S/C23H16F6S/c1-2-3-14-5-7-21(20(25)11-14)30-13-15-4-6-17-16(10-15)12-19(24)18(22(17)26)8-9-23(27,28)29/h4-7,10-12H,2-3,13H2,1H3. The Balaban J connectivity index is 1.84. The van der Waals surface area contributed by atoms with E-state index in [0.717, 1.165) is 30.4 Å². The van der Waals surface area contributed by atoms with Crippen molar-refractivity contribution in [1.82, 2.24) is 0 Å². The van der Waals surface area contributed by atoms with Gasteiger partial charge in [-0.15, -0.1) is 11.8 Å². The van der Waals surface area contributed by atoms with Crippen molar-refractivity contribution in [2.24, 2.45) is 0 Å². The van der Waals surface area contributed by atoms with Gasteiger partial charge in [-0.05, 0) is 41.1 Å². The Labute approximate surface area is 174 Å². The molecule has 3 aromatic rings. The SMILES string of the molecule is CCCc1ccc(SCc2ccc3c(F)c(C#CC(F)(F)F)c(F)cc3c2)c(F)c1. The number of aryl methyl sites for hydroxylation is 1. The van der Waals surface area contributed by atoms with E-state index >= 15 is 0 Å². The second-order valence-electron chi connectivity index (χ2n) is 6.65. The summed E-state index contributed by atoms with van der Waals surface area (Å²) in [5.41, 5.74) is 0.689. The molecule has 0 fully saturated rings. The summed E-state index contributed by atoms with van der Waals surface area (Å²) in [7, 11) is 0. The van der Waals surface area contributed by atoms with Gasteiger partial charge in [-0.3, -0.25) is 0 Å². The first-order valence-corrected chi connectivity index (χ1v) is 10.1. The molecule has 30 heavy (non-hydrogen) atoms. The number of thioether (sulfide) groups is 1. The first-order chi connectivity index (χ1) is 14.2. The number of hydrogen-bond donors (Lipinski definition) is 0. The van der Waals surface area contributed by atoms with Crippen molar-refractivity contribution in [2.75, 3.05) is 0 Å². The fraction of sp³-hybridized carbons (Fsp3) is 0.217. The predicted octanol–water partition coefficient (Wildman–Crippen LogP) is 7.42. The minimum atomic E-state index is -4.85. The molecule has 0 radical (unpaired) electrons. The Morgan fingerprint density at radius 1 is 0.900 bits per heavy atom. The van der Waals surface area contributed by atoms with Crippen molar-refractivity contribution in [3.63, 3.8) is 0 Å². The molecule has 7 heteroatoms. The summed E-state index contributed by atoms with van der Waals surface area (Å²) in [6.07, 6.45) is -3.14. The van der Waals surface area contributed by atoms with Gasteiger partial charge in [0.2, 0.25) is 0 Å². The Kier molecular flexibility index (Phi) is 6.67. The maximum absolute atomic E-state index is 14.5. The van der Waals surface area contributed by atoms with Crippen LogP contribution < -0.4 is 0 Å². The van der Waals surface area contributed by atoms with E-state index in [1.165, 1.54) is 35.9 Å². The summed E-state index contributed by atoms with van der Waals surface area (Å²) in [6.45, 7) is 2.01. The molecule has 0 aromatic heterocycles. The zero-order valence-corrected chi connectivity index (χ0v) is 16.7. The van der Waals surface area contributed by atoms with Gasteiger partial charge in [0.25, 0.3) is 0 Å². The van der Waals surface area contributed by atoms with Crippen molar-refractivity contribution in [2.45, 2.75) is 36.6 Å². The normalized spacial score (nSPS) is 11.4. The van der Waals surface area contributed by atoms with Gasteiger partial charge in [0, 0.05) is 22.0 Å². The van der Waals surface area contributed by atoms with Gasteiger partial charge in [-0.25, -0.2) is 13.2 Å². The highest BCUT2D eigenvalue weighted by Crippen LogP contribution is 2.30. The molecule has 156 valence electrons. The van der Waals surface area contributed by atoms with E-state index in [1.807, 2.05) is 13.0 Å². The Bertz CT molecular complexity index is 1140. The number of rotatable bonds is 5. The first kappa shape index (κ1) is 22.1. The maximum atomic E-state index is 14.5. The lowest BCUT2D eigenvalue weighted by Gasteiger charge is -2.08. The van der Waals surface area contributed by atoms with Crippen molar-refractivity contribution >= 4 is 22.5 Å². The van der Waals surface area contributed by atoms with Crippen LogP contribution >= 0.6 is 11.8 Å². The second kappa shape index (κ2) is 9.05. The summed E-state index contributed by atoms with van der Waals surface area (Å²) in [6, 6.07) is 10.5. The smallest absolute Gasteiger partial charge is 0.206 e. The van der Waals surface area contributed by atoms with Crippen molar-refractivity contribution < 1.29 is 26.3 Å². The van der Waals surface area contributed by atoms with Crippen LogP contribution in [0, 0.1) is 29.3 Å². The molecule has 0 N–H and O–H groups in total. The molecule has 0 heterocycles. The molecule has 0 aliphatic carbocycles. The lowest BCUT2D eigenvalue weighted by molar-refractivity contribution is -0.0696. The fourth-order valence-corrected chi connectivity index (χ4v) is 3.85. The van der Waals surface area contributed by atoms with Crippen LogP contribution in [0.4, 0.5) is 26.3 Å². The van der Waals surface area contributed by atoms with Gasteiger partial charge >= 0.3 is 6.18 Å². The van der Waals surface area contributed by atoms with Gasteiger partial charge in [-0.1, -0.05) is 43.5 Å². The second-order valence-corrected chi connectivity index (χ2v) is 7.67. The summed E-state index contributed by atoms with van der Waals surface area (Å²) in [5.74, 6) is 0.136. The highest BCUT2D eigenvalue weighted by atomic mass is 32.2. The van der Waals surface area contributed by atoms with Crippen LogP contribution in [0.5, 0.6) is 0 Å². The van der Waals surface area contributed by atoms with Crippen molar-refractivity contribution in [3.8, 4) is 11.8 Å². The number of benzene rings is 3. The number of alkyl halides is 3. The largest absolute Gasteiger partial charge is 0.458 e. The average molecular weight is 438 g/mol. The molecule has 0 aliphatic rings. The molecular formula is C23H16F6S. The van der Waals surface area contributed by atoms with Gasteiger partial charge in [0.1, 0.15) is 17.5 Å². The zero-order chi connectivity index (χ0) is 21.9. The molecule has 0 spiro atoms. The third-order valence-electron chi connectivity index (χ3n) is 4.35. The van der Waals surface area contributed by atoms with Crippen molar-refractivity contribution in [3.05, 3.63) is 76.6 Å². The Morgan fingerprint density at radius 3 is 2.30 bits per heavy atom. The lowest BCUT2D eigenvalue weighted by Crippen LogP contribution is -2.02. The molecule has 0 aliphatic heterocycles. The summed E-state index contributed by atoms with van der Waals surface area (Å²) >= 11 is 1.25. The number of halogens is 6. The molecule has 0 bridgehead atoms. The van der Waals surface area contributed by atoms with E-state index in [-0.39, 0.29) is 16.6 Å². The van der Waals surface area contributed by atoms with Crippen LogP contribution in [-0.2, 0) is 12.2 Å². The van der Waals surface area contributed by atoms with Crippen LogP contribution in [0.3, 0.4) is 0 Å². The van der Waals surface area contributed by atoms with Gasteiger partial charge < -0.3 is 0 Å². The minimum Gasteiger partial charge on any atom is -0.206 e. The van der Waals surface area contributed by atoms with Gasteiger partial charge in [0.05, 0.1) is 5.56 Å². The minimum absolute atomic E-state index is 0.0354. The topological polar surface area (TPSA) is 0 Å². The highest BCUT2D eigenvalue weighted by Gasteiger charge is 2.24. The van der Waals surface area contributed by atoms with Crippen LogP contribution in [0.1, 0.15) is 30.0 Å². The van der Waals surface area contributed by atoms with Crippen LogP contribution in [-0.4, -0.2) is 6.18 Å². The summed E-state index contributed by atoms with van der Waals surface area (Å²) < 4.78 is 79.5. The van der Waals surface area contributed by atoms with Gasteiger partial charge in [0.15, 0.2) is 0 Å². The molecule has 3 rings (SSSR count). The molecule has 0 atom stereocenters. The van der Waals surface area contributed by atoms with E-state index < -0.39 is 23.4 Å².